The smallest absolute Gasteiger partial charge is 0.137 e. The molecule has 0 N–H and O–H groups in total. The van der Waals surface area contributed by atoms with Crippen LogP contribution in [0.25, 0.3) is 0 Å². The average molecular weight is 447 g/mol. The van der Waals surface area contributed by atoms with Crippen LogP contribution in [0.15, 0.2) is 60.7 Å². The Morgan fingerprint density at radius 3 is 1.21 bits per heavy atom. The van der Waals surface area contributed by atoms with Crippen LogP contribution in [0.3, 0.4) is 0 Å². The molecule has 2 aromatic carbocycles. The molecular formula is C26H40BrN. The van der Waals surface area contributed by atoms with Crippen molar-refractivity contribution >= 4 is 11.4 Å². The normalized spacial score (nSPS) is 11.2. The Bertz CT molecular complexity index is 541. The second kappa shape index (κ2) is 14.8. The molecule has 0 unspecified atom stereocenters. The van der Waals surface area contributed by atoms with Gasteiger partial charge in [0.15, 0.2) is 0 Å². The Kier molecular flexibility index (Phi) is 13.2. The van der Waals surface area contributed by atoms with Crippen molar-refractivity contribution in [2.45, 2.75) is 78.1 Å². The Morgan fingerprint density at radius 2 is 0.857 bits per heavy atom. The number of para-hydroxylation sites is 2. The van der Waals surface area contributed by atoms with Gasteiger partial charge in [-0.3, -0.25) is 4.48 Å². The molecule has 2 aromatic rings. The monoisotopic (exact) mass is 445 g/mol. The molecule has 28 heavy (non-hydrogen) atoms. The third kappa shape index (κ3) is 7.72. The van der Waals surface area contributed by atoms with E-state index in [4.69, 9.17) is 0 Å². The Balaban J connectivity index is 0.00000392. The molecule has 2 heteroatoms. The maximum Gasteiger partial charge on any atom is 0.137 e. The van der Waals surface area contributed by atoms with Crippen LogP contribution >= 0.6 is 0 Å². The van der Waals surface area contributed by atoms with Crippen molar-refractivity contribution < 1.29 is 17.0 Å². The van der Waals surface area contributed by atoms with Gasteiger partial charge in [-0.2, -0.15) is 0 Å². The molecule has 0 aliphatic carbocycles. The molecule has 0 aliphatic heterocycles. The van der Waals surface area contributed by atoms with Gasteiger partial charge >= 0.3 is 0 Å². The minimum Gasteiger partial charge on any atom is -1.00 e. The summed E-state index contributed by atoms with van der Waals surface area (Å²) in [5.41, 5.74) is 2.91. The molecular weight excluding hydrogens is 406 g/mol. The van der Waals surface area contributed by atoms with E-state index in [1.165, 1.54) is 88.7 Å². The first-order valence-corrected chi connectivity index (χ1v) is 11.3. The molecule has 0 radical (unpaired) electrons. The van der Waals surface area contributed by atoms with E-state index in [1.807, 2.05) is 0 Å². The largest absolute Gasteiger partial charge is 1.00 e. The molecule has 0 saturated carbocycles. The van der Waals surface area contributed by atoms with Crippen LogP contribution < -0.4 is 21.5 Å². The summed E-state index contributed by atoms with van der Waals surface area (Å²) in [5.74, 6) is 0. The van der Waals surface area contributed by atoms with Gasteiger partial charge in [0.25, 0.3) is 0 Å². The lowest BCUT2D eigenvalue weighted by Crippen LogP contribution is -3.00. The topological polar surface area (TPSA) is 0 Å². The lowest BCUT2D eigenvalue weighted by Gasteiger charge is -2.38. The Hall–Kier alpha value is -1.12. The first-order chi connectivity index (χ1) is 13.3. The van der Waals surface area contributed by atoms with Gasteiger partial charge in [-0.15, -0.1) is 0 Å². The molecule has 0 aliphatic rings. The van der Waals surface area contributed by atoms with Gasteiger partial charge in [0.2, 0.25) is 0 Å². The lowest BCUT2D eigenvalue weighted by atomic mass is 10.1. The summed E-state index contributed by atoms with van der Waals surface area (Å²) in [6.45, 7) is 7.02. The SMILES string of the molecule is CCCCCCC[N+](CCCCCCC)(c1ccccc1)c1ccccc1.[Br-]. The number of benzene rings is 2. The van der Waals surface area contributed by atoms with E-state index in [2.05, 4.69) is 74.5 Å². The van der Waals surface area contributed by atoms with Crippen LogP contribution in [0.2, 0.25) is 0 Å². The standard InChI is InChI=1S/C26H40N.BrH/c1-3-5-7-9-17-23-27(24-18-10-8-6-4-2,25-19-13-11-14-20-25)26-21-15-12-16-22-26;/h11-16,19-22H,3-10,17-18,23-24H2,1-2H3;1H/q+1;/p-1. The third-order valence-corrected chi connectivity index (χ3v) is 5.79. The van der Waals surface area contributed by atoms with Crippen LogP contribution in [-0.2, 0) is 0 Å². The van der Waals surface area contributed by atoms with Gasteiger partial charge < -0.3 is 17.0 Å². The van der Waals surface area contributed by atoms with Crippen molar-refractivity contribution in [3.8, 4) is 0 Å². The van der Waals surface area contributed by atoms with Gasteiger partial charge in [-0.25, -0.2) is 0 Å². The highest BCUT2D eigenvalue weighted by Gasteiger charge is 2.32. The zero-order valence-electron chi connectivity index (χ0n) is 18.1. The molecule has 0 amide bonds. The van der Waals surface area contributed by atoms with Crippen LogP contribution in [0, 0.1) is 0 Å². The quantitative estimate of drug-likeness (QED) is 0.274. The molecule has 2 rings (SSSR count). The molecule has 0 bridgehead atoms. The van der Waals surface area contributed by atoms with Crippen molar-refractivity contribution in [3.63, 3.8) is 0 Å². The lowest BCUT2D eigenvalue weighted by molar-refractivity contribution is -0.00000570. The summed E-state index contributed by atoms with van der Waals surface area (Å²) < 4.78 is 1.01. The predicted octanol–water partition coefficient (Wildman–Crippen LogP) is 5.27. The second-order valence-electron chi connectivity index (χ2n) is 7.91. The van der Waals surface area contributed by atoms with Crippen molar-refractivity contribution in [1.29, 1.82) is 0 Å². The molecule has 0 aromatic heterocycles. The van der Waals surface area contributed by atoms with Gasteiger partial charge in [0.05, 0.1) is 13.1 Å². The fourth-order valence-electron chi connectivity index (χ4n) is 4.17. The van der Waals surface area contributed by atoms with Crippen molar-refractivity contribution in [2.24, 2.45) is 0 Å². The average Bonchev–Trinajstić information content (AvgIpc) is 2.73. The van der Waals surface area contributed by atoms with Gasteiger partial charge in [0.1, 0.15) is 11.4 Å². The number of hydrogen-bond donors (Lipinski definition) is 0. The summed E-state index contributed by atoms with van der Waals surface area (Å²) >= 11 is 0. The molecule has 0 spiro atoms. The summed E-state index contributed by atoms with van der Waals surface area (Å²) in [4.78, 5) is 0. The van der Waals surface area contributed by atoms with E-state index in [1.54, 1.807) is 0 Å². The van der Waals surface area contributed by atoms with Crippen LogP contribution in [-0.4, -0.2) is 13.1 Å². The summed E-state index contributed by atoms with van der Waals surface area (Å²) in [6.07, 6.45) is 13.4. The molecule has 156 valence electrons. The Labute approximate surface area is 184 Å². The van der Waals surface area contributed by atoms with E-state index in [0.717, 1.165) is 4.48 Å². The van der Waals surface area contributed by atoms with E-state index in [9.17, 15) is 0 Å². The molecule has 0 fully saturated rings. The number of rotatable bonds is 14. The zero-order chi connectivity index (χ0) is 19.2. The second-order valence-corrected chi connectivity index (χ2v) is 7.91. The maximum atomic E-state index is 2.34. The third-order valence-electron chi connectivity index (χ3n) is 5.79. The minimum atomic E-state index is 0. The fourth-order valence-corrected chi connectivity index (χ4v) is 4.17. The number of hydrogen-bond acceptors (Lipinski definition) is 0. The summed E-state index contributed by atoms with van der Waals surface area (Å²) in [5, 5.41) is 0. The number of quaternary nitrogens is 1. The van der Waals surface area contributed by atoms with Crippen LogP contribution in [0.1, 0.15) is 78.1 Å². The Morgan fingerprint density at radius 1 is 0.500 bits per heavy atom. The molecule has 0 saturated heterocycles. The number of unbranched alkanes of at least 4 members (excludes halogenated alkanes) is 8. The van der Waals surface area contributed by atoms with Crippen LogP contribution in [0.5, 0.6) is 0 Å². The highest BCUT2D eigenvalue weighted by molar-refractivity contribution is 5.58. The molecule has 0 heterocycles. The van der Waals surface area contributed by atoms with E-state index in [0.29, 0.717) is 0 Å². The first-order valence-electron chi connectivity index (χ1n) is 11.3. The fraction of sp³-hybridized carbons (Fsp3) is 0.538. The van der Waals surface area contributed by atoms with E-state index >= 15 is 0 Å². The predicted molar refractivity (Wildman–Crippen MR) is 122 cm³/mol. The summed E-state index contributed by atoms with van der Waals surface area (Å²) in [6, 6.07) is 22.5. The highest BCUT2D eigenvalue weighted by atomic mass is 79.9. The number of halogens is 1. The van der Waals surface area contributed by atoms with E-state index < -0.39 is 0 Å². The van der Waals surface area contributed by atoms with Gasteiger partial charge in [0, 0.05) is 0 Å². The highest BCUT2D eigenvalue weighted by Crippen LogP contribution is 2.36. The molecule has 1 nitrogen and oxygen atoms in total. The first kappa shape index (κ1) is 24.9. The zero-order valence-corrected chi connectivity index (χ0v) is 19.7. The number of nitrogens with zero attached hydrogens (tertiary/aromatic N) is 1. The van der Waals surface area contributed by atoms with Crippen molar-refractivity contribution in [2.75, 3.05) is 13.1 Å². The maximum absolute atomic E-state index is 2.34. The van der Waals surface area contributed by atoms with Gasteiger partial charge in [-0.1, -0.05) is 88.8 Å². The van der Waals surface area contributed by atoms with E-state index in [-0.39, 0.29) is 17.0 Å². The minimum absolute atomic E-state index is 0. The van der Waals surface area contributed by atoms with Crippen molar-refractivity contribution in [1.82, 2.24) is 4.48 Å². The van der Waals surface area contributed by atoms with Gasteiger partial charge in [-0.05, 0) is 49.9 Å². The molecule has 0 atom stereocenters. The summed E-state index contributed by atoms with van der Waals surface area (Å²) in [7, 11) is 0. The van der Waals surface area contributed by atoms with Crippen molar-refractivity contribution in [3.05, 3.63) is 60.7 Å². The van der Waals surface area contributed by atoms with Crippen LogP contribution in [0.4, 0.5) is 11.4 Å².